The van der Waals surface area contributed by atoms with Gasteiger partial charge in [-0.3, -0.25) is 9.48 Å². The predicted octanol–water partition coefficient (Wildman–Crippen LogP) is 1.40. The van der Waals surface area contributed by atoms with Gasteiger partial charge in [0.1, 0.15) is 5.69 Å². The molecule has 0 radical (unpaired) electrons. The maximum Gasteiger partial charge on any atom is 0.234 e. The van der Waals surface area contributed by atoms with Gasteiger partial charge in [0.25, 0.3) is 0 Å². The first-order chi connectivity index (χ1) is 7.74. The lowest BCUT2D eigenvalue weighted by atomic mass is 10.2. The summed E-state index contributed by atoms with van der Waals surface area (Å²) in [5, 5.41) is 13.9. The molecule has 0 aliphatic rings. The minimum Gasteiger partial charge on any atom is -0.285 e. The zero-order chi connectivity index (χ0) is 11.5. The number of halogens is 1. The van der Waals surface area contributed by atoms with E-state index in [0.717, 1.165) is 6.42 Å². The number of H-pyrrole nitrogens is 1. The fraction of sp³-hybridized carbons (Fsp3) is 0.333. The molecule has 2 aromatic heterocycles. The van der Waals surface area contributed by atoms with Crippen molar-refractivity contribution in [2.45, 2.75) is 19.9 Å². The number of ketones is 1. The third-order valence-corrected chi connectivity index (χ3v) is 2.67. The lowest BCUT2D eigenvalue weighted by molar-refractivity contribution is 0.102. The summed E-state index contributed by atoms with van der Waals surface area (Å²) in [5.74, 6) is -0.188. The molecule has 0 spiro atoms. The number of aromatic nitrogens is 5. The zero-order valence-electron chi connectivity index (χ0n) is 8.64. The molecule has 0 bridgehead atoms. The second kappa shape index (κ2) is 4.56. The van der Waals surface area contributed by atoms with Crippen molar-refractivity contribution < 1.29 is 4.79 Å². The van der Waals surface area contributed by atoms with E-state index in [1.807, 2.05) is 6.92 Å². The van der Waals surface area contributed by atoms with Crippen molar-refractivity contribution in [3.63, 3.8) is 0 Å². The van der Waals surface area contributed by atoms with Crippen LogP contribution in [0, 0.1) is 0 Å². The molecule has 0 atom stereocenters. The number of rotatable bonds is 4. The van der Waals surface area contributed by atoms with E-state index in [-0.39, 0.29) is 5.78 Å². The highest BCUT2D eigenvalue weighted by Gasteiger charge is 2.20. The molecular formula is C9H10BrN5O. The van der Waals surface area contributed by atoms with Gasteiger partial charge in [-0.05, 0) is 22.4 Å². The van der Waals surface area contributed by atoms with Gasteiger partial charge in [-0.15, -0.1) is 0 Å². The second-order valence-electron chi connectivity index (χ2n) is 3.25. The molecule has 1 N–H and O–H groups in total. The Kier molecular flexibility index (Phi) is 3.14. The van der Waals surface area contributed by atoms with Gasteiger partial charge in [-0.1, -0.05) is 6.92 Å². The van der Waals surface area contributed by atoms with Gasteiger partial charge in [0.15, 0.2) is 5.69 Å². The molecule has 0 unspecified atom stereocenters. The maximum absolute atomic E-state index is 12.1. The van der Waals surface area contributed by atoms with Gasteiger partial charge < -0.3 is 0 Å². The molecule has 0 saturated heterocycles. The van der Waals surface area contributed by atoms with Crippen LogP contribution < -0.4 is 0 Å². The summed E-state index contributed by atoms with van der Waals surface area (Å²) >= 11 is 3.31. The van der Waals surface area contributed by atoms with Crippen LogP contribution in [0.4, 0.5) is 0 Å². The molecule has 16 heavy (non-hydrogen) atoms. The summed E-state index contributed by atoms with van der Waals surface area (Å²) in [7, 11) is 0. The van der Waals surface area contributed by atoms with Crippen LogP contribution in [-0.2, 0) is 6.54 Å². The van der Waals surface area contributed by atoms with Crippen LogP contribution in [0.2, 0.25) is 0 Å². The van der Waals surface area contributed by atoms with Gasteiger partial charge in [0.05, 0.1) is 16.9 Å². The Morgan fingerprint density at radius 3 is 3.00 bits per heavy atom. The third kappa shape index (κ3) is 1.90. The number of hydrogen-bond acceptors (Lipinski definition) is 4. The first kappa shape index (κ1) is 11.0. The summed E-state index contributed by atoms with van der Waals surface area (Å²) < 4.78 is 2.34. The van der Waals surface area contributed by atoms with E-state index in [4.69, 9.17) is 0 Å². The third-order valence-electron chi connectivity index (χ3n) is 2.09. The lowest BCUT2D eigenvalue weighted by Crippen LogP contribution is -2.12. The number of aryl methyl sites for hydroxylation is 1. The van der Waals surface area contributed by atoms with Crippen molar-refractivity contribution in [1.29, 1.82) is 0 Å². The van der Waals surface area contributed by atoms with Crippen LogP contribution in [0.25, 0.3) is 0 Å². The first-order valence-corrected chi connectivity index (χ1v) is 5.65. The van der Waals surface area contributed by atoms with Gasteiger partial charge in [0, 0.05) is 6.54 Å². The Morgan fingerprint density at radius 1 is 1.56 bits per heavy atom. The molecular weight excluding hydrogens is 274 g/mol. The van der Waals surface area contributed by atoms with Crippen LogP contribution in [0.3, 0.4) is 0 Å². The maximum atomic E-state index is 12.1. The van der Waals surface area contributed by atoms with Crippen LogP contribution in [0.1, 0.15) is 29.5 Å². The number of nitrogens with zero attached hydrogens (tertiary/aromatic N) is 4. The molecule has 0 aliphatic heterocycles. The molecule has 0 aromatic carbocycles. The molecule has 84 valence electrons. The summed E-state index contributed by atoms with van der Waals surface area (Å²) in [6, 6.07) is 0. The Balaban J connectivity index is 2.39. The van der Waals surface area contributed by atoms with Crippen molar-refractivity contribution >= 4 is 21.7 Å². The highest BCUT2D eigenvalue weighted by molar-refractivity contribution is 9.10. The second-order valence-corrected chi connectivity index (χ2v) is 4.10. The van der Waals surface area contributed by atoms with Crippen molar-refractivity contribution in [2.24, 2.45) is 0 Å². The monoisotopic (exact) mass is 283 g/mol. The van der Waals surface area contributed by atoms with Crippen LogP contribution in [-0.4, -0.2) is 31.0 Å². The fourth-order valence-electron chi connectivity index (χ4n) is 1.40. The number of hydrogen-bond donors (Lipinski definition) is 1. The van der Waals surface area contributed by atoms with Gasteiger partial charge in [0.2, 0.25) is 5.78 Å². The highest BCUT2D eigenvalue weighted by atomic mass is 79.9. The Bertz CT molecular complexity index is 490. The van der Waals surface area contributed by atoms with Crippen LogP contribution in [0.15, 0.2) is 16.9 Å². The minimum atomic E-state index is -0.188. The van der Waals surface area contributed by atoms with E-state index in [0.29, 0.717) is 22.4 Å². The highest BCUT2D eigenvalue weighted by Crippen LogP contribution is 2.19. The summed E-state index contributed by atoms with van der Waals surface area (Å²) in [4.78, 5) is 12.1. The van der Waals surface area contributed by atoms with Crippen LogP contribution in [0.5, 0.6) is 0 Å². The molecule has 2 rings (SSSR count). The molecule has 6 nitrogen and oxygen atoms in total. The molecule has 2 aromatic rings. The van der Waals surface area contributed by atoms with E-state index in [1.54, 1.807) is 10.9 Å². The molecule has 0 fully saturated rings. The van der Waals surface area contributed by atoms with E-state index in [1.165, 1.54) is 6.20 Å². The van der Waals surface area contributed by atoms with E-state index < -0.39 is 0 Å². The average Bonchev–Trinajstić information content (AvgIpc) is 2.88. The first-order valence-electron chi connectivity index (χ1n) is 4.85. The summed E-state index contributed by atoms with van der Waals surface area (Å²) in [6.07, 6.45) is 3.92. The SMILES string of the molecule is CCCn1ncc(Br)c1C(=O)c1cn[nH]n1. The lowest BCUT2D eigenvalue weighted by Gasteiger charge is -2.03. The smallest absolute Gasteiger partial charge is 0.234 e. The topological polar surface area (TPSA) is 76.5 Å². The van der Waals surface area contributed by atoms with Gasteiger partial charge in [-0.2, -0.15) is 20.5 Å². The molecule has 0 aliphatic carbocycles. The Morgan fingerprint density at radius 2 is 2.38 bits per heavy atom. The van der Waals surface area contributed by atoms with E-state index in [9.17, 15) is 4.79 Å². The molecule has 2 heterocycles. The van der Waals surface area contributed by atoms with Crippen molar-refractivity contribution in [3.05, 3.63) is 28.3 Å². The van der Waals surface area contributed by atoms with Crippen molar-refractivity contribution in [1.82, 2.24) is 25.2 Å². The van der Waals surface area contributed by atoms with E-state index >= 15 is 0 Å². The summed E-state index contributed by atoms with van der Waals surface area (Å²) in [6.45, 7) is 2.73. The van der Waals surface area contributed by atoms with Crippen molar-refractivity contribution in [3.8, 4) is 0 Å². The van der Waals surface area contributed by atoms with E-state index in [2.05, 4.69) is 36.4 Å². The largest absolute Gasteiger partial charge is 0.285 e. The fourth-order valence-corrected chi connectivity index (χ4v) is 1.88. The zero-order valence-corrected chi connectivity index (χ0v) is 10.2. The molecule has 7 heteroatoms. The van der Waals surface area contributed by atoms with Crippen molar-refractivity contribution in [2.75, 3.05) is 0 Å². The number of aromatic amines is 1. The van der Waals surface area contributed by atoms with Gasteiger partial charge >= 0.3 is 0 Å². The quantitative estimate of drug-likeness (QED) is 0.861. The minimum absolute atomic E-state index is 0.188. The number of carbonyl (C=O) groups excluding carboxylic acids is 1. The Hall–Kier alpha value is -1.50. The standard InChI is InChI=1S/C9H10BrN5O/c1-2-3-15-8(6(10)4-12-15)9(16)7-5-11-14-13-7/h4-5H,2-3H2,1H3,(H,11,13,14). The number of carbonyl (C=O) groups is 1. The average molecular weight is 284 g/mol. The van der Waals surface area contributed by atoms with Crippen LogP contribution >= 0.6 is 15.9 Å². The molecule has 0 saturated carbocycles. The summed E-state index contributed by atoms with van der Waals surface area (Å²) in [5.41, 5.74) is 0.800. The molecule has 0 amide bonds. The van der Waals surface area contributed by atoms with Gasteiger partial charge in [-0.25, -0.2) is 0 Å². The predicted molar refractivity (Wildman–Crippen MR) is 60.0 cm³/mol. The normalized spacial score (nSPS) is 10.6. The number of nitrogens with one attached hydrogen (secondary N) is 1. The Labute approximate surface area is 100 Å².